The first kappa shape index (κ1) is 15.7. The highest BCUT2D eigenvalue weighted by Gasteiger charge is 2.31. The first-order chi connectivity index (χ1) is 11.0. The van der Waals surface area contributed by atoms with Crippen molar-refractivity contribution < 1.29 is 18.0 Å². The van der Waals surface area contributed by atoms with E-state index in [9.17, 15) is 18.0 Å². The minimum atomic E-state index is -0.840. The largest absolute Gasteiger partial charge is 0.323 e. The fraction of sp³-hybridized carbons (Fsp3) is 0.188. The Bertz CT molecular complexity index is 741. The zero-order valence-electron chi connectivity index (χ0n) is 11.9. The van der Waals surface area contributed by atoms with E-state index in [1.165, 1.54) is 34.9 Å². The number of anilines is 1. The van der Waals surface area contributed by atoms with Crippen molar-refractivity contribution in [2.45, 2.75) is 5.37 Å². The molecule has 1 atom stereocenters. The van der Waals surface area contributed by atoms with Gasteiger partial charge in [-0.2, -0.15) is 0 Å². The summed E-state index contributed by atoms with van der Waals surface area (Å²) < 4.78 is 39.9. The summed E-state index contributed by atoms with van der Waals surface area (Å²) in [6.45, 7) is 0.459. The molecule has 0 aromatic heterocycles. The van der Waals surface area contributed by atoms with Crippen molar-refractivity contribution in [3.05, 3.63) is 65.5 Å². The highest BCUT2D eigenvalue weighted by atomic mass is 32.2. The lowest BCUT2D eigenvalue weighted by atomic mass is 10.2. The van der Waals surface area contributed by atoms with Gasteiger partial charge in [0, 0.05) is 18.4 Å². The minimum absolute atomic E-state index is 0.0914. The van der Waals surface area contributed by atoms with Crippen LogP contribution in [0.15, 0.2) is 42.5 Å². The van der Waals surface area contributed by atoms with Gasteiger partial charge in [0.25, 0.3) is 0 Å². The van der Waals surface area contributed by atoms with Gasteiger partial charge in [-0.1, -0.05) is 12.1 Å². The Morgan fingerprint density at radius 2 is 1.91 bits per heavy atom. The molecule has 23 heavy (non-hydrogen) atoms. The van der Waals surface area contributed by atoms with E-state index in [2.05, 4.69) is 5.32 Å². The zero-order valence-corrected chi connectivity index (χ0v) is 12.7. The first-order valence-corrected chi connectivity index (χ1v) is 7.99. The molecule has 0 unspecified atom stereocenters. The standard InChI is InChI=1S/C16H13F3N2OS/c17-11-3-1-2-10(8-11)15-21(6-7-23-15)16(22)20-14-5-4-12(18)9-13(14)19/h1-5,8-9,15H,6-7H2,(H,20,22)/t15-/m0/s1. The van der Waals surface area contributed by atoms with Crippen LogP contribution in [-0.2, 0) is 0 Å². The van der Waals surface area contributed by atoms with Crippen LogP contribution in [-0.4, -0.2) is 23.2 Å². The third kappa shape index (κ3) is 3.44. The van der Waals surface area contributed by atoms with Crippen LogP contribution < -0.4 is 5.32 Å². The number of thioether (sulfide) groups is 1. The number of hydrogen-bond acceptors (Lipinski definition) is 2. The second kappa shape index (κ2) is 6.54. The maximum absolute atomic E-state index is 13.6. The molecule has 1 fully saturated rings. The molecule has 1 heterocycles. The number of rotatable bonds is 2. The number of nitrogens with zero attached hydrogens (tertiary/aromatic N) is 1. The lowest BCUT2D eigenvalue weighted by molar-refractivity contribution is 0.214. The lowest BCUT2D eigenvalue weighted by Crippen LogP contribution is -2.34. The molecule has 2 aromatic rings. The van der Waals surface area contributed by atoms with Crippen molar-refractivity contribution in [3.63, 3.8) is 0 Å². The summed E-state index contributed by atoms with van der Waals surface area (Å²) >= 11 is 1.50. The van der Waals surface area contributed by atoms with E-state index < -0.39 is 17.7 Å². The van der Waals surface area contributed by atoms with Gasteiger partial charge in [0.2, 0.25) is 0 Å². The summed E-state index contributed by atoms with van der Waals surface area (Å²) in [5, 5.41) is 2.09. The maximum Gasteiger partial charge on any atom is 0.323 e. The fourth-order valence-electron chi connectivity index (χ4n) is 2.39. The minimum Gasteiger partial charge on any atom is -0.308 e. The normalized spacial score (nSPS) is 17.3. The third-order valence-electron chi connectivity index (χ3n) is 3.46. The van der Waals surface area contributed by atoms with Crippen LogP contribution in [0.3, 0.4) is 0 Å². The number of nitrogens with one attached hydrogen (secondary N) is 1. The molecule has 0 bridgehead atoms. The van der Waals surface area contributed by atoms with Gasteiger partial charge in [-0.25, -0.2) is 18.0 Å². The number of carbonyl (C=O) groups excluding carboxylic acids is 1. The molecule has 3 rings (SSSR count). The van der Waals surface area contributed by atoms with Gasteiger partial charge in [-0.3, -0.25) is 0 Å². The lowest BCUT2D eigenvalue weighted by Gasteiger charge is -2.24. The topological polar surface area (TPSA) is 32.3 Å². The first-order valence-electron chi connectivity index (χ1n) is 6.94. The van der Waals surface area contributed by atoms with Crippen LogP contribution in [0.2, 0.25) is 0 Å². The van der Waals surface area contributed by atoms with Crippen molar-refractivity contribution >= 4 is 23.5 Å². The molecule has 0 spiro atoms. The van der Waals surface area contributed by atoms with E-state index in [0.717, 1.165) is 6.07 Å². The molecule has 2 aromatic carbocycles. The van der Waals surface area contributed by atoms with E-state index >= 15 is 0 Å². The highest BCUT2D eigenvalue weighted by molar-refractivity contribution is 7.99. The fourth-order valence-corrected chi connectivity index (χ4v) is 3.64. The Morgan fingerprint density at radius 1 is 1.13 bits per heavy atom. The molecule has 2 amide bonds. The molecule has 0 radical (unpaired) electrons. The average Bonchev–Trinajstić information content (AvgIpc) is 2.99. The smallest absolute Gasteiger partial charge is 0.308 e. The molecule has 120 valence electrons. The summed E-state index contributed by atoms with van der Waals surface area (Å²) in [4.78, 5) is 13.9. The number of hydrogen-bond donors (Lipinski definition) is 1. The monoisotopic (exact) mass is 338 g/mol. The molecular weight excluding hydrogens is 325 g/mol. The van der Waals surface area contributed by atoms with Crippen molar-refractivity contribution in [2.24, 2.45) is 0 Å². The Hall–Kier alpha value is -2.15. The molecule has 7 heteroatoms. The molecule has 0 saturated carbocycles. The van der Waals surface area contributed by atoms with Gasteiger partial charge in [0.05, 0.1) is 5.69 Å². The second-order valence-corrected chi connectivity index (χ2v) is 6.21. The van der Waals surface area contributed by atoms with Gasteiger partial charge in [0.15, 0.2) is 0 Å². The molecule has 1 N–H and O–H groups in total. The summed E-state index contributed by atoms with van der Waals surface area (Å²) in [6.07, 6.45) is 0. The van der Waals surface area contributed by atoms with Crippen molar-refractivity contribution in [1.29, 1.82) is 0 Å². The van der Waals surface area contributed by atoms with Gasteiger partial charge in [-0.05, 0) is 29.8 Å². The molecule has 3 nitrogen and oxygen atoms in total. The quantitative estimate of drug-likeness (QED) is 0.881. The Morgan fingerprint density at radius 3 is 2.65 bits per heavy atom. The van der Waals surface area contributed by atoms with Crippen LogP contribution in [0, 0.1) is 17.5 Å². The van der Waals surface area contributed by atoms with Crippen molar-refractivity contribution in [3.8, 4) is 0 Å². The molecule has 1 aliphatic heterocycles. The average molecular weight is 338 g/mol. The molecule has 1 aliphatic rings. The highest BCUT2D eigenvalue weighted by Crippen LogP contribution is 2.38. The summed E-state index contributed by atoms with van der Waals surface area (Å²) in [7, 11) is 0. The number of halogens is 3. The summed E-state index contributed by atoms with van der Waals surface area (Å²) in [5.74, 6) is -1.23. The summed E-state index contributed by atoms with van der Waals surface area (Å²) in [5.41, 5.74) is 0.577. The predicted octanol–water partition coefficient (Wildman–Crippen LogP) is 4.38. The van der Waals surface area contributed by atoms with Gasteiger partial charge in [-0.15, -0.1) is 11.8 Å². The molecule has 1 saturated heterocycles. The number of urea groups is 1. The van der Waals surface area contributed by atoms with E-state index in [1.807, 2.05) is 0 Å². The number of benzene rings is 2. The Labute approximate surface area is 135 Å². The molecule has 0 aliphatic carbocycles. The van der Waals surface area contributed by atoms with Gasteiger partial charge < -0.3 is 10.2 Å². The van der Waals surface area contributed by atoms with Crippen LogP contribution in [0.1, 0.15) is 10.9 Å². The van der Waals surface area contributed by atoms with E-state index in [0.29, 0.717) is 23.9 Å². The van der Waals surface area contributed by atoms with Crippen LogP contribution >= 0.6 is 11.8 Å². The van der Waals surface area contributed by atoms with Gasteiger partial charge in [0.1, 0.15) is 22.8 Å². The third-order valence-corrected chi connectivity index (χ3v) is 4.72. The number of carbonyl (C=O) groups is 1. The predicted molar refractivity (Wildman–Crippen MR) is 83.7 cm³/mol. The van der Waals surface area contributed by atoms with Crippen LogP contribution in [0.4, 0.5) is 23.7 Å². The maximum atomic E-state index is 13.6. The Kier molecular flexibility index (Phi) is 4.47. The number of amides is 2. The zero-order chi connectivity index (χ0) is 16.4. The summed E-state index contributed by atoms with van der Waals surface area (Å²) in [6, 6.07) is 8.48. The SMILES string of the molecule is O=C(Nc1ccc(F)cc1F)N1CCS[C@H]1c1cccc(F)c1. The second-order valence-electron chi connectivity index (χ2n) is 5.03. The van der Waals surface area contributed by atoms with E-state index in [1.54, 1.807) is 12.1 Å². The van der Waals surface area contributed by atoms with Crippen LogP contribution in [0.5, 0.6) is 0 Å². The van der Waals surface area contributed by atoms with E-state index in [4.69, 9.17) is 0 Å². The van der Waals surface area contributed by atoms with E-state index in [-0.39, 0.29) is 16.9 Å². The van der Waals surface area contributed by atoms with Crippen molar-refractivity contribution in [1.82, 2.24) is 4.90 Å². The van der Waals surface area contributed by atoms with Crippen molar-refractivity contribution in [2.75, 3.05) is 17.6 Å². The van der Waals surface area contributed by atoms with Crippen LogP contribution in [0.25, 0.3) is 0 Å². The van der Waals surface area contributed by atoms with Gasteiger partial charge >= 0.3 is 6.03 Å². The Balaban J connectivity index is 1.78. The molecular formula is C16H13F3N2OS.